The zero-order chi connectivity index (χ0) is 22.6. The molecule has 0 bridgehead atoms. The van der Waals surface area contributed by atoms with Crippen molar-refractivity contribution >= 4 is 5.69 Å². The van der Waals surface area contributed by atoms with E-state index < -0.39 is 0 Å². The minimum Gasteiger partial charge on any atom is -0.378 e. The van der Waals surface area contributed by atoms with Gasteiger partial charge in [-0.3, -0.25) is 0 Å². The van der Waals surface area contributed by atoms with Gasteiger partial charge in [0, 0.05) is 12.2 Å². The van der Waals surface area contributed by atoms with Crippen molar-refractivity contribution in [1.29, 1.82) is 0 Å². The molecule has 4 atom stereocenters. The smallest absolute Gasteiger partial charge is 0.0547 e. The first-order chi connectivity index (χ1) is 14.7. The third-order valence-corrected chi connectivity index (χ3v) is 7.17. The fourth-order valence-electron chi connectivity index (χ4n) is 5.31. The molecule has 0 saturated heterocycles. The summed E-state index contributed by atoms with van der Waals surface area (Å²) in [5, 5.41) is 3.95. The lowest BCUT2D eigenvalue weighted by atomic mass is 9.72. The van der Waals surface area contributed by atoms with Crippen LogP contribution in [0.25, 0.3) is 0 Å². The van der Waals surface area contributed by atoms with Gasteiger partial charge in [-0.2, -0.15) is 0 Å². The summed E-state index contributed by atoms with van der Waals surface area (Å²) in [5.41, 5.74) is 5.85. The first kappa shape index (κ1) is 23.9. The van der Waals surface area contributed by atoms with Crippen molar-refractivity contribution < 1.29 is 0 Å². The molecule has 1 aliphatic heterocycles. The van der Waals surface area contributed by atoms with Gasteiger partial charge in [0.05, 0.1) is 6.04 Å². The standard InChI is InChI=1S/C29H44N2/c1-8-18-31(7)20-21(2)14-16-25-22(3)26-19-24(29(4,5)6)15-17-27(26)30-28(25)23-12-10-9-11-13-23/h9-13,15,17,19,21-22,25,28,30H,8,14,16,18,20H2,1-7H3. The molecule has 0 aliphatic carbocycles. The highest BCUT2D eigenvalue weighted by Crippen LogP contribution is 2.47. The number of benzene rings is 2. The molecule has 1 heterocycles. The van der Waals surface area contributed by atoms with Crippen molar-refractivity contribution in [2.45, 2.75) is 78.2 Å². The van der Waals surface area contributed by atoms with E-state index in [1.165, 1.54) is 54.7 Å². The highest BCUT2D eigenvalue weighted by atomic mass is 15.1. The van der Waals surface area contributed by atoms with E-state index in [0.29, 0.717) is 17.9 Å². The molecule has 0 saturated carbocycles. The van der Waals surface area contributed by atoms with E-state index in [0.717, 1.165) is 5.92 Å². The van der Waals surface area contributed by atoms with Crippen LogP contribution in [0.4, 0.5) is 5.69 Å². The predicted octanol–water partition coefficient (Wildman–Crippen LogP) is 7.63. The van der Waals surface area contributed by atoms with Gasteiger partial charge in [0.2, 0.25) is 0 Å². The SMILES string of the molecule is CCCN(C)CC(C)CCC1C(C)c2cc(C(C)(C)C)ccc2NC1c1ccccc1. The maximum atomic E-state index is 3.95. The Morgan fingerprint density at radius 3 is 2.42 bits per heavy atom. The zero-order valence-corrected chi connectivity index (χ0v) is 20.9. The van der Waals surface area contributed by atoms with E-state index in [-0.39, 0.29) is 5.41 Å². The Kier molecular flexibility index (Phi) is 7.86. The van der Waals surface area contributed by atoms with Crippen molar-refractivity contribution in [1.82, 2.24) is 4.90 Å². The first-order valence-corrected chi connectivity index (χ1v) is 12.3. The van der Waals surface area contributed by atoms with Gasteiger partial charge in [-0.1, -0.05) is 84.0 Å². The molecule has 4 unspecified atom stereocenters. The second kappa shape index (κ2) is 10.2. The molecule has 170 valence electrons. The molecular weight excluding hydrogens is 376 g/mol. The third-order valence-electron chi connectivity index (χ3n) is 7.17. The second-order valence-electron chi connectivity index (χ2n) is 11.0. The highest BCUT2D eigenvalue weighted by Gasteiger charge is 2.35. The molecule has 0 spiro atoms. The van der Waals surface area contributed by atoms with Crippen molar-refractivity contribution in [3.8, 4) is 0 Å². The fourth-order valence-corrected chi connectivity index (χ4v) is 5.31. The molecule has 0 fully saturated rings. The van der Waals surface area contributed by atoms with Crippen LogP contribution in [-0.4, -0.2) is 25.0 Å². The number of hydrogen-bond acceptors (Lipinski definition) is 2. The van der Waals surface area contributed by atoms with Crippen LogP contribution >= 0.6 is 0 Å². The minimum absolute atomic E-state index is 0.179. The molecule has 3 rings (SSSR count). The number of nitrogens with one attached hydrogen (secondary N) is 1. The summed E-state index contributed by atoms with van der Waals surface area (Å²) >= 11 is 0. The third kappa shape index (κ3) is 5.92. The average Bonchev–Trinajstić information content (AvgIpc) is 2.72. The van der Waals surface area contributed by atoms with Gasteiger partial charge in [-0.25, -0.2) is 0 Å². The molecule has 31 heavy (non-hydrogen) atoms. The second-order valence-corrected chi connectivity index (χ2v) is 11.0. The Labute approximate surface area is 191 Å². The van der Waals surface area contributed by atoms with E-state index >= 15 is 0 Å². The molecule has 0 amide bonds. The van der Waals surface area contributed by atoms with Crippen molar-refractivity contribution in [2.24, 2.45) is 11.8 Å². The summed E-state index contributed by atoms with van der Waals surface area (Å²) in [7, 11) is 2.27. The van der Waals surface area contributed by atoms with E-state index in [9.17, 15) is 0 Å². The summed E-state index contributed by atoms with van der Waals surface area (Å²) in [5.74, 6) is 1.87. The largest absolute Gasteiger partial charge is 0.378 e. The maximum absolute atomic E-state index is 3.95. The first-order valence-electron chi connectivity index (χ1n) is 12.3. The molecule has 2 heteroatoms. The van der Waals surface area contributed by atoms with Crippen molar-refractivity contribution in [2.75, 3.05) is 25.5 Å². The number of fused-ring (bicyclic) bond motifs is 1. The van der Waals surface area contributed by atoms with Crippen LogP contribution in [0.5, 0.6) is 0 Å². The molecule has 0 radical (unpaired) electrons. The van der Waals surface area contributed by atoms with Crippen molar-refractivity contribution in [3.05, 3.63) is 65.2 Å². The quantitative estimate of drug-likeness (QED) is 0.472. The van der Waals surface area contributed by atoms with Gasteiger partial charge in [-0.05, 0) is 78.8 Å². The van der Waals surface area contributed by atoms with Crippen LogP contribution in [0.1, 0.15) is 89.5 Å². The lowest BCUT2D eigenvalue weighted by molar-refractivity contribution is 0.253. The van der Waals surface area contributed by atoms with Crippen molar-refractivity contribution in [3.63, 3.8) is 0 Å². The molecule has 2 nitrogen and oxygen atoms in total. The summed E-state index contributed by atoms with van der Waals surface area (Å²) in [6, 6.07) is 18.6. The number of anilines is 1. The maximum Gasteiger partial charge on any atom is 0.0547 e. The van der Waals surface area contributed by atoms with Crippen LogP contribution in [0.3, 0.4) is 0 Å². The average molecular weight is 421 g/mol. The van der Waals surface area contributed by atoms with E-state index in [2.05, 4.69) is 107 Å². The van der Waals surface area contributed by atoms with Crippen LogP contribution in [0, 0.1) is 11.8 Å². The monoisotopic (exact) mass is 420 g/mol. The summed E-state index contributed by atoms with van der Waals surface area (Å²) < 4.78 is 0. The number of nitrogens with zero attached hydrogens (tertiary/aromatic N) is 1. The summed E-state index contributed by atoms with van der Waals surface area (Å²) in [6.45, 7) is 16.5. The topological polar surface area (TPSA) is 15.3 Å². The molecule has 1 aliphatic rings. The molecule has 2 aromatic rings. The molecular formula is C29H44N2. The van der Waals surface area contributed by atoms with E-state index in [1.807, 2.05) is 0 Å². The van der Waals surface area contributed by atoms with E-state index in [1.54, 1.807) is 0 Å². The van der Waals surface area contributed by atoms with Crippen LogP contribution in [0.15, 0.2) is 48.5 Å². The summed E-state index contributed by atoms with van der Waals surface area (Å²) in [4.78, 5) is 2.49. The molecule has 2 aromatic carbocycles. The predicted molar refractivity (Wildman–Crippen MR) is 136 cm³/mol. The Bertz CT molecular complexity index is 820. The van der Waals surface area contributed by atoms with Gasteiger partial charge >= 0.3 is 0 Å². The van der Waals surface area contributed by atoms with Crippen LogP contribution in [-0.2, 0) is 5.41 Å². The van der Waals surface area contributed by atoms with Gasteiger partial charge in [0.1, 0.15) is 0 Å². The fraction of sp³-hybridized carbons (Fsp3) is 0.586. The Balaban J connectivity index is 1.85. The Morgan fingerprint density at radius 1 is 1.06 bits per heavy atom. The highest BCUT2D eigenvalue weighted by molar-refractivity contribution is 5.59. The molecule has 0 aromatic heterocycles. The normalized spacial score (nSPS) is 22.1. The lowest BCUT2D eigenvalue weighted by Crippen LogP contribution is -2.32. The number of hydrogen-bond donors (Lipinski definition) is 1. The Hall–Kier alpha value is -1.80. The zero-order valence-electron chi connectivity index (χ0n) is 20.9. The van der Waals surface area contributed by atoms with Gasteiger partial charge in [-0.15, -0.1) is 0 Å². The van der Waals surface area contributed by atoms with Gasteiger partial charge < -0.3 is 10.2 Å². The van der Waals surface area contributed by atoms with Crippen LogP contribution in [0.2, 0.25) is 0 Å². The van der Waals surface area contributed by atoms with Gasteiger partial charge in [0.25, 0.3) is 0 Å². The van der Waals surface area contributed by atoms with E-state index in [4.69, 9.17) is 0 Å². The lowest BCUT2D eigenvalue weighted by Gasteiger charge is -2.41. The number of rotatable bonds is 8. The van der Waals surface area contributed by atoms with Gasteiger partial charge in [0.15, 0.2) is 0 Å². The Morgan fingerprint density at radius 2 is 1.77 bits per heavy atom. The molecule has 1 N–H and O–H groups in total. The summed E-state index contributed by atoms with van der Waals surface area (Å²) in [6.07, 6.45) is 3.77. The minimum atomic E-state index is 0.179. The van der Waals surface area contributed by atoms with Crippen LogP contribution < -0.4 is 5.32 Å².